The molecule has 10 heteroatoms. The van der Waals surface area contributed by atoms with Crippen LogP contribution in [0, 0.1) is 11.8 Å². The molecule has 0 amide bonds. The number of carboxylic acid groups (broad SMARTS) is 1. The zero-order chi connectivity index (χ0) is 21.0. The third-order valence-electron chi connectivity index (χ3n) is 5.10. The quantitative estimate of drug-likeness (QED) is 0.661. The van der Waals surface area contributed by atoms with Gasteiger partial charge in [0.15, 0.2) is 0 Å². The summed E-state index contributed by atoms with van der Waals surface area (Å²) in [6.07, 6.45) is 6.92. The van der Waals surface area contributed by atoms with Gasteiger partial charge >= 0.3 is 5.97 Å². The molecule has 2 aromatic heterocycles. The van der Waals surface area contributed by atoms with Gasteiger partial charge in [0.25, 0.3) is 0 Å². The fourth-order valence-electron chi connectivity index (χ4n) is 3.55. The molecule has 156 valence electrons. The normalized spacial score (nSPS) is 18.4. The van der Waals surface area contributed by atoms with Crippen molar-refractivity contribution in [3.8, 4) is 11.1 Å². The second-order valence-electron chi connectivity index (χ2n) is 7.30. The first kappa shape index (κ1) is 21.3. The highest BCUT2D eigenvalue weighted by Gasteiger charge is 2.37. The lowest BCUT2D eigenvalue weighted by atomic mass is 9.94. The van der Waals surface area contributed by atoms with Crippen LogP contribution >= 0.6 is 0 Å². The Morgan fingerprint density at radius 3 is 2.28 bits per heavy atom. The standard InChI is InChI=1S/C19H25N5O4S/c1-13(2)16(18(25)26)17(29(27)28)23-6-8-24(9-7-23)19-21-11-15(12-22-19)14-4-3-5-20-10-14/h3-5,10-13,16-17H,6-9H2,1-2H3,(H,25,26)(H,27,28)/p-1. The Bertz CT molecular complexity index is 841. The van der Waals surface area contributed by atoms with E-state index < -0.39 is 28.3 Å². The third kappa shape index (κ3) is 4.95. The first-order valence-electron chi connectivity index (χ1n) is 9.40. The molecule has 3 unspecified atom stereocenters. The number of aliphatic carboxylic acids is 1. The predicted octanol–water partition coefficient (Wildman–Crippen LogP) is 1.22. The van der Waals surface area contributed by atoms with E-state index in [-0.39, 0.29) is 5.92 Å². The van der Waals surface area contributed by atoms with Crippen molar-refractivity contribution in [2.75, 3.05) is 31.1 Å². The molecule has 3 heterocycles. The fourth-order valence-corrected chi connectivity index (χ4v) is 4.67. The second-order valence-corrected chi connectivity index (χ2v) is 8.30. The summed E-state index contributed by atoms with van der Waals surface area (Å²) in [7, 11) is 0. The number of aromatic nitrogens is 3. The molecule has 0 saturated carbocycles. The van der Waals surface area contributed by atoms with Crippen molar-refractivity contribution in [1.29, 1.82) is 0 Å². The van der Waals surface area contributed by atoms with Crippen LogP contribution in [0.3, 0.4) is 0 Å². The minimum atomic E-state index is -2.51. The van der Waals surface area contributed by atoms with Crippen LogP contribution in [0.5, 0.6) is 0 Å². The van der Waals surface area contributed by atoms with Crippen molar-refractivity contribution < 1.29 is 18.7 Å². The zero-order valence-electron chi connectivity index (χ0n) is 16.3. The minimum Gasteiger partial charge on any atom is -0.771 e. The third-order valence-corrected chi connectivity index (χ3v) is 6.08. The highest BCUT2D eigenvalue weighted by atomic mass is 32.2. The van der Waals surface area contributed by atoms with Crippen molar-refractivity contribution in [3.05, 3.63) is 36.9 Å². The van der Waals surface area contributed by atoms with Gasteiger partial charge < -0.3 is 14.6 Å². The van der Waals surface area contributed by atoms with Gasteiger partial charge in [-0.2, -0.15) is 0 Å². The molecule has 1 aliphatic heterocycles. The van der Waals surface area contributed by atoms with Crippen molar-refractivity contribution in [2.45, 2.75) is 19.2 Å². The van der Waals surface area contributed by atoms with E-state index in [1.54, 1.807) is 43.5 Å². The molecule has 0 spiro atoms. The van der Waals surface area contributed by atoms with E-state index in [1.165, 1.54) is 0 Å². The lowest BCUT2D eigenvalue weighted by Gasteiger charge is -2.42. The number of rotatable bonds is 7. The summed E-state index contributed by atoms with van der Waals surface area (Å²) in [4.78, 5) is 28.3. The van der Waals surface area contributed by atoms with Crippen LogP contribution < -0.4 is 4.90 Å². The highest BCUT2D eigenvalue weighted by Crippen LogP contribution is 2.25. The number of nitrogens with zero attached hydrogens (tertiary/aromatic N) is 5. The molecule has 1 saturated heterocycles. The average molecular weight is 418 g/mol. The molecular formula is C19H24N5O4S-. The predicted molar refractivity (Wildman–Crippen MR) is 108 cm³/mol. The van der Waals surface area contributed by atoms with E-state index in [1.807, 2.05) is 17.0 Å². The molecule has 2 aromatic rings. The topological polar surface area (TPSA) is 123 Å². The maximum Gasteiger partial charge on any atom is 0.309 e. The Labute approximate surface area is 172 Å². The molecule has 1 aliphatic rings. The monoisotopic (exact) mass is 418 g/mol. The maximum absolute atomic E-state index is 11.8. The van der Waals surface area contributed by atoms with E-state index >= 15 is 0 Å². The van der Waals surface area contributed by atoms with E-state index in [4.69, 9.17) is 0 Å². The number of carbonyl (C=O) groups is 1. The van der Waals surface area contributed by atoms with Crippen molar-refractivity contribution in [3.63, 3.8) is 0 Å². The molecule has 3 atom stereocenters. The number of hydrogen-bond acceptors (Lipinski definition) is 8. The van der Waals surface area contributed by atoms with Gasteiger partial charge in [-0.1, -0.05) is 19.9 Å². The van der Waals surface area contributed by atoms with Crippen molar-refractivity contribution in [2.24, 2.45) is 11.8 Å². The minimum absolute atomic E-state index is 0.295. The summed E-state index contributed by atoms with van der Waals surface area (Å²) in [6, 6.07) is 3.78. The molecule has 1 fully saturated rings. The number of hydrogen-bond donors (Lipinski definition) is 1. The van der Waals surface area contributed by atoms with E-state index in [0.29, 0.717) is 32.1 Å². The van der Waals surface area contributed by atoms with Crippen LogP contribution in [0.1, 0.15) is 13.8 Å². The molecule has 9 nitrogen and oxygen atoms in total. The van der Waals surface area contributed by atoms with Gasteiger partial charge in [0.1, 0.15) is 0 Å². The Balaban J connectivity index is 1.68. The molecule has 0 aromatic carbocycles. The summed E-state index contributed by atoms with van der Waals surface area (Å²) in [5, 5.41) is 8.46. The summed E-state index contributed by atoms with van der Waals surface area (Å²) in [5.74, 6) is -1.80. The lowest BCUT2D eigenvalue weighted by molar-refractivity contribution is -0.144. The van der Waals surface area contributed by atoms with E-state index in [0.717, 1.165) is 11.1 Å². The zero-order valence-corrected chi connectivity index (χ0v) is 17.2. The number of anilines is 1. The smallest absolute Gasteiger partial charge is 0.309 e. The van der Waals surface area contributed by atoms with Gasteiger partial charge in [-0.25, -0.2) is 9.97 Å². The molecule has 29 heavy (non-hydrogen) atoms. The molecule has 0 aliphatic carbocycles. The van der Waals surface area contributed by atoms with Crippen LogP contribution in [0.2, 0.25) is 0 Å². The van der Waals surface area contributed by atoms with Crippen LogP contribution in [-0.2, 0) is 15.9 Å². The Kier molecular flexibility index (Phi) is 6.88. The van der Waals surface area contributed by atoms with Gasteiger partial charge in [0, 0.05) is 62.1 Å². The van der Waals surface area contributed by atoms with Crippen molar-refractivity contribution in [1.82, 2.24) is 19.9 Å². The SMILES string of the molecule is CC(C)C(C(=O)O)C(N1CCN(c2ncc(-c3cccnc3)cn2)CC1)S(=O)[O-]. The largest absolute Gasteiger partial charge is 0.771 e. The van der Waals surface area contributed by atoms with Gasteiger partial charge in [-0.05, 0) is 23.1 Å². The molecule has 3 rings (SSSR count). The lowest BCUT2D eigenvalue weighted by Crippen LogP contribution is -2.56. The Morgan fingerprint density at radius 1 is 1.14 bits per heavy atom. The van der Waals surface area contributed by atoms with E-state index in [9.17, 15) is 18.7 Å². The fraction of sp³-hybridized carbons (Fsp3) is 0.474. The van der Waals surface area contributed by atoms with Crippen LogP contribution in [0.4, 0.5) is 5.95 Å². The first-order valence-corrected chi connectivity index (χ1v) is 10.5. The number of carboxylic acids is 1. The summed E-state index contributed by atoms with van der Waals surface area (Å²) >= 11 is -2.51. The summed E-state index contributed by atoms with van der Waals surface area (Å²) < 4.78 is 23.6. The Morgan fingerprint density at radius 2 is 1.79 bits per heavy atom. The van der Waals surface area contributed by atoms with Crippen LogP contribution in [0.25, 0.3) is 11.1 Å². The first-order chi connectivity index (χ1) is 13.9. The number of pyridine rings is 1. The van der Waals surface area contributed by atoms with Gasteiger partial charge in [-0.3, -0.25) is 18.9 Å². The second kappa shape index (κ2) is 9.38. The highest BCUT2D eigenvalue weighted by molar-refractivity contribution is 7.79. The van der Waals surface area contributed by atoms with Crippen LogP contribution in [0.15, 0.2) is 36.9 Å². The number of piperazine rings is 1. The van der Waals surface area contributed by atoms with Crippen molar-refractivity contribution >= 4 is 23.0 Å². The molecular weight excluding hydrogens is 394 g/mol. The summed E-state index contributed by atoms with van der Waals surface area (Å²) in [6.45, 7) is 5.33. The summed E-state index contributed by atoms with van der Waals surface area (Å²) in [5.41, 5.74) is 1.79. The van der Waals surface area contributed by atoms with Gasteiger partial charge in [0.2, 0.25) is 5.95 Å². The maximum atomic E-state index is 11.8. The average Bonchev–Trinajstić information content (AvgIpc) is 2.72. The molecule has 1 N–H and O–H groups in total. The molecule has 0 radical (unpaired) electrons. The van der Waals surface area contributed by atoms with Crippen LogP contribution in [-0.4, -0.2) is 71.2 Å². The van der Waals surface area contributed by atoms with Gasteiger partial charge in [-0.15, -0.1) is 0 Å². The Hall–Kier alpha value is -2.43. The molecule has 0 bridgehead atoms. The van der Waals surface area contributed by atoms with E-state index in [2.05, 4.69) is 15.0 Å². The van der Waals surface area contributed by atoms with Gasteiger partial charge in [0.05, 0.1) is 11.3 Å².